The summed E-state index contributed by atoms with van der Waals surface area (Å²) in [6.45, 7) is 7.20. The molecule has 0 bridgehead atoms. The topological polar surface area (TPSA) is 35.2 Å². The van der Waals surface area contributed by atoms with Crippen molar-refractivity contribution in [2.24, 2.45) is 5.73 Å². The monoisotopic (exact) mass is 233 g/mol. The van der Waals surface area contributed by atoms with Gasteiger partial charge in [0.05, 0.1) is 12.7 Å². The molecule has 2 unspecified atom stereocenters. The van der Waals surface area contributed by atoms with Crippen LogP contribution in [0.25, 0.3) is 0 Å². The number of rotatable bonds is 3. The Balaban J connectivity index is 1.99. The average molecular weight is 233 g/mol. The Hall–Kier alpha value is -0.860. The number of ether oxygens (including phenoxy) is 1. The van der Waals surface area contributed by atoms with Crippen LogP contribution in [0.4, 0.5) is 0 Å². The molecule has 2 heteroatoms. The van der Waals surface area contributed by atoms with Crippen molar-refractivity contribution < 1.29 is 4.74 Å². The lowest BCUT2D eigenvalue weighted by molar-refractivity contribution is 0.0443. The normalized spacial score (nSPS) is 24.2. The largest absolute Gasteiger partial charge is 0.373 e. The minimum atomic E-state index is 0.347. The Bertz CT molecular complexity index is 377. The number of nitrogens with two attached hydrogens (primary N) is 1. The molecule has 0 aliphatic heterocycles. The molecule has 94 valence electrons. The van der Waals surface area contributed by atoms with E-state index in [0.717, 1.165) is 25.9 Å². The molecule has 0 amide bonds. The van der Waals surface area contributed by atoms with Crippen LogP contribution in [0, 0.1) is 20.8 Å². The number of aryl methyl sites for hydroxylation is 3. The highest BCUT2D eigenvalue weighted by molar-refractivity contribution is 5.36. The summed E-state index contributed by atoms with van der Waals surface area (Å²) in [7, 11) is 0. The maximum Gasteiger partial charge on any atom is 0.0725 e. The fourth-order valence-electron chi connectivity index (χ4n) is 2.76. The summed E-state index contributed by atoms with van der Waals surface area (Å²) < 4.78 is 5.98. The zero-order valence-electron chi connectivity index (χ0n) is 11.1. The van der Waals surface area contributed by atoms with E-state index in [9.17, 15) is 0 Å². The van der Waals surface area contributed by atoms with Crippen molar-refractivity contribution in [1.29, 1.82) is 0 Å². The Labute approximate surface area is 104 Å². The van der Waals surface area contributed by atoms with Crippen LogP contribution in [0.15, 0.2) is 12.1 Å². The zero-order chi connectivity index (χ0) is 12.4. The van der Waals surface area contributed by atoms with Crippen LogP contribution in [0.5, 0.6) is 0 Å². The van der Waals surface area contributed by atoms with Crippen LogP contribution in [-0.4, -0.2) is 12.1 Å². The van der Waals surface area contributed by atoms with Crippen LogP contribution in [0.1, 0.15) is 41.5 Å². The maximum atomic E-state index is 5.98. The summed E-state index contributed by atoms with van der Waals surface area (Å²) in [4.78, 5) is 0. The maximum absolute atomic E-state index is 5.98. The summed E-state index contributed by atoms with van der Waals surface area (Å²) in [5.41, 5.74) is 11.2. The van der Waals surface area contributed by atoms with Crippen molar-refractivity contribution in [3.63, 3.8) is 0 Å². The SMILES string of the molecule is Cc1cc(C)c(COC2CCC(N)C2)c(C)c1. The smallest absolute Gasteiger partial charge is 0.0725 e. The van der Waals surface area contributed by atoms with E-state index >= 15 is 0 Å². The molecule has 0 saturated heterocycles. The van der Waals surface area contributed by atoms with Gasteiger partial charge < -0.3 is 10.5 Å². The number of hydrogen-bond donors (Lipinski definition) is 1. The molecule has 2 rings (SSSR count). The Morgan fingerprint density at radius 2 is 1.82 bits per heavy atom. The molecule has 1 aliphatic rings. The second-order valence-electron chi connectivity index (χ2n) is 5.38. The van der Waals surface area contributed by atoms with Crippen LogP contribution < -0.4 is 5.73 Å². The van der Waals surface area contributed by atoms with Gasteiger partial charge in [0.15, 0.2) is 0 Å². The molecule has 1 aromatic rings. The fourth-order valence-corrected chi connectivity index (χ4v) is 2.76. The van der Waals surface area contributed by atoms with Crippen molar-refractivity contribution in [3.8, 4) is 0 Å². The van der Waals surface area contributed by atoms with Gasteiger partial charge >= 0.3 is 0 Å². The van der Waals surface area contributed by atoms with Crippen LogP contribution >= 0.6 is 0 Å². The van der Waals surface area contributed by atoms with E-state index in [0.29, 0.717) is 12.1 Å². The van der Waals surface area contributed by atoms with E-state index in [1.807, 2.05) is 0 Å². The van der Waals surface area contributed by atoms with E-state index in [1.54, 1.807) is 0 Å². The third-order valence-electron chi connectivity index (χ3n) is 3.73. The highest BCUT2D eigenvalue weighted by Gasteiger charge is 2.22. The molecule has 0 heterocycles. The van der Waals surface area contributed by atoms with Gasteiger partial charge in [0.25, 0.3) is 0 Å². The minimum Gasteiger partial charge on any atom is -0.373 e. The molecule has 17 heavy (non-hydrogen) atoms. The summed E-state index contributed by atoms with van der Waals surface area (Å²) in [6.07, 6.45) is 3.61. The first kappa shape index (κ1) is 12.6. The molecule has 0 aromatic heterocycles. The number of hydrogen-bond acceptors (Lipinski definition) is 2. The van der Waals surface area contributed by atoms with E-state index in [1.165, 1.54) is 22.3 Å². The average Bonchev–Trinajstić information content (AvgIpc) is 2.62. The molecule has 2 N–H and O–H groups in total. The van der Waals surface area contributed by atoms with E-state index in [-0.39, 0.29) is 0 Å². The van der Waals surface area contributed by atoms with Gasteiger partial charge in [-0.15, -0.1) is 0 Å². The van der Waals surface area contributed by atoms with E-state index in [2.05, 4.69) is 32.9 Å². The van der Waals surface area contributed by atoms with Gasteiger partial charge in [-0.25, -0.2) is 0 Å². The van der Waals surface area contributed by atoms with Crippen LogP contribution in [0.3, 0.4) is 0 Å². The molecule has 1 saturated carbocycles. The minimum absolute atomic E-state index is 0.347. The molecule has 2 atom stereocenters. The van der Waals surface area contributed by atoms with Crippen LogP contribution in [0.2, 0.25) is 0 Å². The van der Waals surface area contributed by atoms with E-state index < -0.39 is 0 Å². The number of benzene rings is 1. The van der Waals surface area contributed by atoms with Crippen molar-refractivity contribution >= 4 is 0 Å². The van der Waals surface area contributed by atoms with Crippen molar-refractivity contribution in [2.75, 3.05) is 0 Å². The van der Waals surface area contributed by atoms with Gasteiger partial charge in [0.1, 0.15) is 0 Å². The standard InChI is InChI=1S/C15H23NO/c1-10-6-11(2)15(12(3)7-10)9-17-14-5-4-13(16)8-14/h6-7,13-14H,4-5,8-9,16H2,1-3H3. The molecule has 1 fully saturated rings. The van der Waals surface area contributed by atoms with Gasteiger partial charge in [0.2, 0.25) is 0 Å². The molecular weight excluding hydrogens is 210 g/mol. The molecule has 0 radical (unpaired) electrons. The fraction of sp³-hybridized carbons (Fsp3) is 0.600. The van der Waals surface area contributed by atoms with Gasteiger partial charge in [-0.1, -0.05) is 17.7 Å². The van der Waals surface area contributed by atoms with Crippen molar-refractivity contribution in [3.05, 3.63) is 34.4 Å². The highest BCUT2D eigenvalue weighted by Crippen LogP contribution is 2.23. The van der Waals surface area contributed by atoms with Gasteiger partial charge in [0, 0.05) is 6.04 Å². The van der Waals surface area contributed by atoms with Gasteiger partial charge in [-0.2, -0.15) is 0 Å². The third kappa shape index (κ3) is 3.08. The Morgan fingerprint density at radius 1 is 1.18 bits per heavy atom. The zero-order valence-corrected chi connectivity index (χ0v) is 11.1. The Kier molecular flexibility index (Phi) is 3.85. The Morgan fingerprint density at radius 3 is 2.35 bits per heavy atom. The second kappa shape index (κ2) is 5.19. The van der Waals surface area contributed by atoms with Crippen molar-refractivity contribution in [1.82, 2.24) is 0 Å². The summed E-state index contributed by atoms with van der Waals surface area (Å²) in [5.74, 6) is 0. The molecule has 1 aliphatic carbocycles. The summed E-state index contributed by atoms with van der Waals surface area (Å²) in [6, 6.07) is 4.80. The quantitative estimate of drug-likeness (QED) is 0.871. The molecule has 0 spiro atoms. The molecule has 2 nitrogen and oxygen atoms in total. The summed E-state index contributed by atoms with van der Waals surface area (Å²) in [5, 5.41) is 0. The van der Waals surface area contributed by atoms with Gasteiger partial charge in [-0.3, -0.25) is 0 Å². The molecule has 1 aromatic carbocycles. The first-order valence-electron chi connectivity index (χ1n) is 6.50. The summed E-state index contributed by atoms with van der Waals surface area (Å²) >= 11 is 0. The predicted molar refractivity (Wildman–Crippen MR) is 71.1 cm³/mol. The first-order valence-corrected chi connectivity index (χ1v) is 6.50. The lowest BCUT2D eigenvalue weighted by Gasteiger charge is -2.15. The lowest BCUT2D eigenvalue weighted by Crippen LogP contribution is -2.17. The third-order valence-corrected chi connectivity index (χ3v) is 3.73. The highest BCUT2D eigenvalue weighted by atomic mass is 16.5. The van der Waals surface area contributed by atoms with Gasteiger partial charge in [-0.05, 0) is 56.7 Å². The second-order valence-corrected chi connectivity index (χ2v) is 5.38. The molecular formula is C15H23NO. The lowest BCUT2D eigenvalue weighted by atomic mass is 10.0. The predicted octanol–water partition coefficient (Wildman–Crippen LogP) is 3.01. The van der Waals surface area contributed by atoms with Crippen molar-refractivity contribution in [2.45, 2.75) is 58.8 Å². The first-order chi connectivity index (χ1) is 8.06. The van der Waals surface area contributed by atoms with Crippen LogP contribution in [-0.2, 0) is 11.3 Å². The van der Waals surface area contributed by atoms with E-state index in [4.69, 9.17) is 10.5 Å².